The Morgan fingerprint density at radius 1 is 1.33 bits per heavy atom. The molecule has 0 unspecified atom stereocenters. The van der Waals surface area contributed by atoms with Crippen LogP contribution in [-0.4, -0.2) is 24.9 Å². The second-order valence-electron chi connectivity index (χ2n) is 3.85. The van der Waals surface area contributed by atoms with Crippen LogP contribution in [-0.2, 0) is 9.84 Å². The van der Waals surface area contributed by atoms with Crippen LogP contribution < -0.4 is 0 Å². The van der Waals surface area contributed by atoms with Gasteiger partial charge in [-0.1, -0.05) is 12.1 Å². The van der Waals surface area contributed by atoms with Gasteiger partial charge in [-0.2, -0.15) is 0 Å². The van der Waals surface area contributed by atoms with Crippen LogP contribution in [0.1, 0.15) is 13.8 Å². The van der Waals surface area contributed by atoms with Gasteiger partial charge in [0.2, 0.25) is 0 Å². The number of rotatable bonds is 3. The Bertz CT molecular complexity index is 451. The largest absolute Gasteiger partial charge is 0.395 e. The quantitative estimate of drug-likeness (QED) is 0.927. The van der Waals surface area contributed by atoms with Crippen molar-refractivity contribution in [1.82, 2.24) is 0 Å². The Morgan fingerprint density at radius 2 is 1.87 bits per heavy atom. The lowest BCUT2D eigenvalue weighted by atomic mass is 10.2. The molecule has 1 N–H and O–H groups in total. The molecule has 0 fully saturated rings. The van der Waals surface area contributed by atoms with E-state index in [0.29, 0.717) is 4.47 Å². The molecular weight excluding hydrogens is 280 g/mol. The SMILES string of the molecule is CC(C)(CO)S(=O)(=O)c1ccccc1Br. The molecule has 0 aliphatic rings. The fourth-order valence-electron chi connectivity index (χ4n) is 1.05. The first-order chi connectivity index (χ1) is 6.83. The van der Waals surface area contributed by atoms with Gasteiger partial charge < -0.3 is 5.11 Å². The molecule has 0 heterocycles. The lowest BCUT2D eigenvalue weighted by molar-refractivity contribution is 0.258. The van der Waals surface area contributed by atoms with Crippen molar-refractivity contribution in [1.29, 1.82) is 0 Å². The maximum atomic E-state index is 12.1. The minimum absolute atomic E-state index is 0.212. The van der Waals surface area contributed by atoms with Crippen molar-refractivity contribution in [2.75, 3.05) is 6.61 Å². The molecule has 1 rings (SSSR count). The van der Waals surface area contributed by atoms with Gasteiger partial charge in [0.15, 0.2) is 9.84 Å². The Morgan fingerprint density at radius 3 is 2.33 bits per heavy atom. The summed E-state index contributed by atoms with van der Waals surface area (Å²) in [4.78, 5) is 0.212. The Balaban J connectivity index is 3.37. The van der Waals surface area contributed by atoms with Gasteiger partial charge in [-0.3, -0.25) is 0 Å². The maximum Gasteiger partial charge on any atom is 0.186 e. The highest BCUT2D eigenvalue weighted by Gasteiger charge is 2.36. The topological polar surface area (TPSA) is 54.4 Å². The Labute approximate surface area is 98.2 Å². The number of hydrogen-bond acceptors (Lipinski definition) is 3. The molecule has 3 nitrogen and oxygen atoms in total. The number of aliphatic hydroxyl groups excluding tert-OH is 1. The van der Waals surface area contributed by atoms with Crippen LogP contribution in [0.15, 0.2) is 33.6 Å². The van der Waals surface area contributed by atoms with Crippen molar-refractivity contribution in [2.24, 2.45) is 0 Å². The predicted octanol–water partition coefficient (Wildman–Crippen LogP) is 1.99. The molecule has 0 saturated heterocycles. The Kier molecular flexibility index (Phi) is 3.58. The summed E-state index contributed by atoms with van der Waals surface area (Å²) in [6.45, 7) is 2.60. The first-order valence-electron chi connectivity index (χ1n) is 4.43. The molecule has 0 amide bonds. The predicted molar refractivity (Wildman–Crippen MR) is 62.5 cm³/mol. The zero-order valence-corrected chi connectivity index (χ0v) is 11.0. The van der Waals surface area contributed by atoms with Gasteiger partial charge in [0.05, 0.1) is 16.2 Å². The number of halogens is 1. The second kappa shape index (κ2) is 4.23. The van der Waals surface area contributed by atoms with Gasteiger partial charge >= 0.3 is 0 Å². The van der Waals surface area contributed by atoms with Crippen molar-refractivity contribution < 1.29 is 13.5 Å². The third-order valence-corrected chi connectivity index (χ3v) is 5.71. The molecule has 0 aromatic heterocycles. The fraction of sp³-hybridized carbons (Fsp3) is 0.400. The van der Waals surface area contributed by atoms with E-state index in [0.717, 1.165) is 0 Å². The van der Waals surface area contributed by atoms with E-state index in [1.165, 1.54) is 19.9 Å². The molecule has 0 aliphatic heterocycles. The van der Waals surface area contributed by atoms with Gasteiger partial charge in [0.1, 0.15) is 0 Å². The monoisotopic (exact) mass is 292 g/mol. The zero-order valence-electron chi connectivity index (χ0n) is 8.57. The first-order valence-corrected chi connectivity index (χ1v) is 6.70. The summed E-state index contributed by atoms with van der Waals surface area (Å²) in [6, 6.07) is 6.59. The van der Waals surface area contributed by atoms with Crippen molar-refractivity contribution in [3.8, 4) is 0 Å². The van der Waals surface area contributed by atoms with Gasteiger partial charge in [-0.15, -0.1) is 0 Å². The third kappa shape index (κ3) is 2.24. The van der Waals surface area contributed by atoms with Gasteiger partial charge in [0, 0.05) is 4.47 Å². The molecule has 0 bridgehead atoms. The van der Waals surface area contributed by atoms with Crippen molar-refractivity contribution in [3.05, 3.63) is 28.7 Å². The number of aliphatic hydroxyl groups is 1. The van der Waals surface area contributed by atoms with Crippen molar-refractivity contribution in [3.63, 3.8) is 0 Å². The zero-order chi connectivity index (χ0) is 11.7. The summed E-state index contributed by atoms with van der Waals surface area (Å²) in [5.41, 5.74) is 0. The highest BCUT2D eigenvalue weighted by molar-refractivity contribution is 9.10. The van der Waals surface area contributed by atoms with Crippen LogP contribution in [0.5, 0.6) is 0 Å². The summed E-state index contributed by atoms with van der Waals surface area (Å²) >= 11 is 3.19. The first kappa shape index (κ1) is 12.7. The highest BCUT2D eigenvalue weighted by Crippen LogP contribution is 2.30. The van der Waals surface area contributed by atoms with E-state index < -0.39 is 21.2 Å². The number of benzene rings is 1. The average molecular weight is 293 g/mol. The molecule has 0 aliphatic carbocycles. The van der Waals surface area contributed by atoms with Crippen LogP contribution in [0.25, 0.3) is 0 Å². The summed E-state index contributed by atoms with van der Waals surface area (Å²) in [5.74, 6) is 0. The van der Waals surface area contributed by atoms with Crippen molar-refractivity contribution in [2.45, 2.75) is 23.5 Å². The van der Waals surface area contributed by atoms with Gasteiger partial charge in [-0.05, 0) is 41.9 Å². The molecule has 5 heteroatoms. The number of sulfone groups is 1. The summed E-state index contributed by atoms with van der Waals surface area (Å²) in [7, 11) is -3.52. The van der Waals surface area contributed by atoms with Crippen LogP contribution in [0.4, 0.5) is 0 Å². The molecule has 84 valence electrons. The lowest BCUT2D eigenvalue weighted by Crippen LogP contribution is -2.35. The fourth-order valence-corrected chi connectivity index (χ4v) is 3.32. The minimum Gasteiger partial charge on any atom is -0.395 e. The summed E-state index contributed by atoms with van der Waals surface area (Å²) in [6.07, 6.45) is 0. The van der Waals surface area contributed by atoms with E-state index in [1.54, 1.807) is 18.2 Å². The summed E-state index contributed by atoms with van der Waals surface area (Å²) in [5, 5.41) is 9.09. The molecule has 1 aromatic rings. The molecule has 0 saturated carbocycles. The third-order valence-electron chi connectivity index (χ3n) is 2.23. The highest BCUT2D eigenvalue weighted by atomic mass is 79.9. The van der Waals surface area contributed by atoms with E-state index in [1.807, 2.05) is 0 Å². The lowest BCUT2D eigenvalue weighted by Gasteiger charge is -2.22. The molecular formula is C10H13BrO3S. The molecule has 0 radical (unpaired) electrons. The Hall–Kier alpha value is -0.390. The van der Waals surface area contributed by atoms with Gasteiger partial charge in [-0.25, -0.2) is 8.42 Å². The van der Waals surface area contributed by atoms with E-state index in [2.05, 4.69) is 15.9 Å². The summed E-state index contributed by atoms with van der Waals surface area (Å²) < 4.78 is 23.6. The molecule has 15 heavy (non-hydrogen) atoms. The standard InChI is InChI=1S/C10H13BrO3S/c1-10(2,7-12)15(13,14)9-6-4-3-5-8(9)11/h3-6,12H,7H2,1-2H3. The van der Waals surface area contributed by atoms with E-state index >= 15 is 0 Å². The van der Waals surface area contributed by atoms with Crippen LogP contribution >= 0.6 is 15.9 Å². The average Bonchev–Trinajstić information content (AvgIpc) is 2.18. The molecule has 0 atom stereocenters. The van der Waals surface area contributed by atoms with Gasteiger partial charge in [0.25, 0.3) is 0 Å². The molecule has 1 aromatic carbocycles. The maximum absolute atomic E-state index is 12.1. The van der Waals surface area contributed by atoms with Crippen LogP contribution in [0, 0.1) is 0 Å². The number of hydrogen-bond donors (Lipinski definition) is 1. The smallest absolute Gasteiger partial charge is 0.186 e. The van der Waals surface area contributed by atoms with E-state index in [-0.39, 0.29) is 4.90 Å². The van der Waals surface area contributed by atoms with E-state index in [4.69, 9.17) is 5.11 Å². The second-order valence-corrected chi connectivity index (χ2v) is 7.26. The van der Waals surface area contributed by atoms with Crippen LogP contribution in [0.3, 0.4) is 0 Å². The van der Waals surface area contributed by atoms with Crippen molar-refractivity contribution >= 4 is 25.8 Å². The minimum atomic E-state index is -3.52. The van der Waals surface area contributed by atoms with Crippen LogP contribution in [0.2, 0.25) is 0 Å². The molecule has 0 spiro atoms. The van der Waals surface area contributed by atoms with E-state index in [9.17, 15) is 8.42 Å². The normalized spacial score (nSPS) is 12.8.